The van der Waals surface area contributed by atoms with Crippen molar-refractivity contribution in [2.24, 2.45) is 0 Å². The Bertz CT molecular complexity index is 1450. The Morgan fingerprint density at radius 3 is 2.21 bits per heavy atom. The van der Waals surface area contributed by atoms with E-state index in [2.05, 4.69) is 5.32 Å². The Balaban J connectivity index is 1.76. The first-order valence-electron chi connectivity index (χ1n) is 12.8. The van der Waals surface area contributed by atoms with E-state index in [1.165, 1.54) is 30.9 Å². The van der Waals surface area contributed by atoms with Gasteiger partial charge in [-0.3, -0.25) is 23.5 Å². The molecule has 1 aliphatic rings. The van der Waals surface area contributed by atoms with Gasteiger partial charge in [-0.05, 0) is 49.9 Å². The average molecular weight is 523 g/mol. The number of methoxy groups -OCH3 is 2. The number of carbonyl (C=O) groups excluding carboxylic acids is 2. The lowest BCUT2D eigenvalue weighted by Gasteiger charge is -2.18. The molecule has 0 unspecified atom stereocenters. The maximum atomic E-state index is 13.6. The number of nitrogens with zero attached hydrogens (tertiary/aromatic N) is 3. The van der Waals surface area contributed by atoms with Crippen LogP contribution in [-0.2, 0) is 17.9 Å². The lowest BCUT2D eigenvalue weighted by molar-refractivity contribution is -0.122. The van der Waals surface area contributed by atoms with E-state index in [9.17, 15) is 19.2 Å². The Morgan fingerprint density at radius 1 is 0.974 bits per heavy atom. The summed E-state index contributed by atoms with van der Waals surface area (Å²) in [5.41, 5.74) is 0.392. The highest BCUT2D eigenvalue weighted by molar-refractivity contribution is 5.94. The Labute approximate surface area is 220 Å². The Kier molecular flexibility index (Phi) is 8.19. The van der Waals surface area contributed by atoms with Crippen molar-refractivity contribution >= 4 is 22.7 Å². The molecule has 1 atom stereocenters. The van der Waals surface area contributed by atoms with Crippen molar-refractivity contribution in [3.8, 4) is 11.5 Å². The van der Waals surface area contributed by atoms with Gasteiger partial charge in [0.1, 0.15) is 6.54 Å². The van der Waals surface area contributed by atoms with E-state index in [1.54, 1.807) is 24.3 Å². The van der Waals surface area contributed by atoms with E-state index in [-0.39, 0.29) is 41.8 Å². The van der Waals surface area contributed by atoms with Crippen molar-refractivity contribution < 1.29 is 19.1 Å². The van der Waals surface area contributed by atoms with Gasteiger partial charge < -0.3 is 19.7 Å². The standard InChI is InChI=1S/C28H34N4O6/c1-5-18(2)29-25(33)17-31-22-15-24(38-4)23(37-3)14-21(22)27(35)32(28(31)36)16-19-8-10-20(11-9-19)26(34)30-12-6-7-13-30/h8-11,14-15,18H,5-7,12-13,16-17H2,1-4H3,(H,29,33)/t18-/m0/s1. The van der Waals surface area contributed by atoms with E-state index in [0.717, 1.165) is 36.9 Å². The molecule has 0 aliphatic carbocycles. The minimum Gasteiger partial charge on any atom is -0.493 e. The highest BCUT2D eigenvalue weighted by atomic mass is 16.5. The molecule has 10 nitrogen and oxygen atoms in total. The molecule has 38 heavy (non-hydrogen) atoms. The maximum absolute atomic E-state index is 13.6. The predicted octanol–water partition coefficient (Wildman–Crippen LogP) is 2.38. The fourth-order valence-electron chi connectivity index (χ4n) is 4.64. The molecule has 0 bridgehead atoms. The van der Waals surface area contributed by atoms with E-state index < -0.39 is 11.2 Å². The number of likely N-dealkylation sites (tertiary alicyclic amines) is 1. The van der Waals surface area contributed by atoms with E-state index >= 15 is 0 Å². The highest BCUT2D eigenvalue weighted by Crippen LogP contribution is 2.30. The van der Waals surface area contributed by atoms with Crippen LogP contribution >= 0.6 is 0 Å². The summed E-state index contributed by atoms with van der Waals surface area (Å²) in [5.74, 6) is 0.314. The van der Waals surface area contributed by atoms with Crippen molar-refractivity contribution in [1.82, 2.24) is 19.4 Å². The van der Waals surface area contributed by atoms with Crippen LogP contribution in [0, 0.1) is 0 Å². The quantitative estimate of drug-likeness (QED) is 0.462. The lowest BCUT2D eigenvalue weighted by Crippen LogP contribution is -2.44. The number of hydrogen-bond acceptors (Lipinski definition) is 6. The number of nitrogens with one attached hydrogen (secondary N) is 1. The predicted molar refractivity (Wildman–Crippen MR) is 144 cm³/mol. The molecule has 2 aromatic carbocycles. The van der Waals surface area contributed by atoms with Gasteiger partial charge in [0, 0.05) is 30.8 Å². The fraction of sp³-hybridized carbons (Fsp3) is 0.429. The second kappa shape index (κ2) is 11.5. The van der Waals surface area contributed by atoms with Crippen molar-refractivity contribution in [2.75, 3.05) is 27.3 Å². The first kappa shape index (κ1) is 27.0. The van der Waals surface area contributed by atoms with Crippen LogP contribution in [0.4, 0.5) is 0 Å². The first-order valence-corrected chi connectivity index (χ1v) is 12.8. The third kappa shape index (κ3) is 5.44. The number of carbonyl (C=O) groups is 2. The van der Waals surface area contributed by atoms with Crippen LogP contribution in [0.3, 0.4) is 0 Å². The normalized spacial score (nSPS) is 13.9. The molecule has 0 saturated carbocycles. The van der Waals surface area contributed by atoms with Gasteiger partial charge in [0.05, 0.1) is 31.7 Å². The number of benzene rings is 2. The van der Waals surface area contributed by atoms with Crippen molar-refractivity contribution in [3.05, 3.63) is 68.4 Å². The summed E-state index contributed by atoms with van der Waals surface area (Å²) in [6, 6.07) is 9.92. The molecule has 0 radical (unpaired) electrons. The topological polar surface area (TPSA) is 112 Å². The van der Waals surface area contributed by atoms with Gasteiger partial charge in [0.15, 0.2) is 11.5 Å². The molecule has 10 heteroatoms. The number of hydrogen-bond donors (Lipinski definition) is 1. The fourth-order valence-corrected chi connectivity index (χ4v) is 4.64. The second-order valence-corrected chi connectivity index (χ2v) is 9.56. The molecule has 1 aliphatic heterocycles. The minimum atomic E-state index is -0.619. The smallest absolute Gasteiger partial charge is 0.332 e. The van der Waals surface area contributed by atoms with Crippen LogP contribution in [0.1, 0.15) is 49.0 Å². The lowest BCUT2D eigenvalue weighted by atomic mass is 10.1. The summed E-state index contributed by atoms with van der Waals surface area (Å²) in [5, 5.41) is 3.09. The molecular formula is C28H34N4O6. The van der Waals surface area contributed by atoms with Gasteiger partial charge in [-0.1, -0.05) is 19.1 Å². The summed E-state index contributed by atoms with van der Waals surface area (Å²) in [4.78, 5) is 54.4. The van der Waals surface area contributed by atoms with Crippen molar-refractivity contribution in [3.63, 3.8) is 0 Å². The van der Waals surface area contributed by atoms with Crippen LogP contribution in [0.15, 0.2) is 46.0 Å². The number of rotatable bonds is 9. The molecule has 1 N–H and O–H groups in total. The molecule has 2 heterocycles. The zero-order valence-electron chi connectivity index (χ0n) is 22.3. The second-order valence-electron chi connectivity index (χ2n) is 9.56. The maximum Gasteiger partial charge on any atom is 0.332 e. The SMILES string of the molecule is CC[C@H](C)NC(=O)Cn1c(=O)n(Cc2ccc(C(=O)N3CCCC3)cc2)c(=O)c2cc(OC)c(OC)cc21. The summed E-state index contributed by atoms with van der Waals surface area (Å²) in [6.45, 7) is 5.06. The summed E-state index contributed by atoms with van der Waals surface area (Å²) >= 11 is 0. The van der Waals surface area contributed by atoms with Crippen LogP contribution in [0.2, 0.25) is 0 Å². The molecule has 1 fully saturated rings. The van der Waals surface area contributed by atoms with E-state index in [0.29, 0.717) is 22.6 Å². The molecule has 2 amide bonds. The molecule has 0 spiro atoms. The van der Waals surface area contributed by atoms with Gasteiger partial charge in [-0.25, -0.2) is 4.79 Å². The van der Waals surface area contributed by atoms with Gasteiger partial charge in [0.2, 0.25) is 5.91 Å². The average Bonchev–Trinajstić information content (AvgIpc) is 3.47. The van der Waals surface area contributed by atoms with Crippen LogP contribution in [0.25, 0.3) is 10.9 Å². The first-order chi connectivity index (χ1) is 18.3. The highest BCUT2D eigenvalue weighted by Gasteiger charge is 2.21. The summed E-state index contributed by atoms with van der Waals surface area (Å²) in [6.07, 6.45) is 2.75. The van der Waals surface area contributed by atoms with Crippen molar-refractivity contribution in [1.29, 1.82) is 0 Å². The molecule has 1 saturated heterocycles. The minimum absolute atomic E-state index is 0.0207. The molecule has 4 rings (SSSR count). The molecule has 1 aromatic heterocycles. The number of ether oxygens (including phenoxy) is 2. The van der Waals surface area contributed by atoms with Crippen LogP contribution < -0.4 is 26.0 Å². The van der Waals surface area contributed by atoms with Gasteiger partial charge in [-0.2, -0.15) is 0 Å². The Morgan fingerprint density at radius 2 is 1.61 bits per heavy atom. The summed E-state index contributed by atoms with van der Waals surface area (Å²) in [7, 11) is 2.92. The largest absolute Gasteiger partial charge is 0.493 e. The third-order valence-corrected chi connectivity index (χ3v) is 6.99. The molecular weight excluding hydrogens is 488 g/mol. The van der Waals surface area contributed by atoms with Gasteiger partial charge >= 0.3 is 5.69 Å². The monoisotopic (exact) mass is 522 g/mol. The molecule has 3 aromatic rings. The Hall–Kier alpha value is -4.08. The number of fused-ring (bicyclic) bond motifs is 1. The van der Waals surface area contributed by atoms with E-state index in [4.69, 9.17) is 9.47 Å². The van der Waals surface area contributed by atoms with Crippen LogP contribution in [0.5, 0.6) is 11.5 Å². The summed E-state index contributed by atoms with van der Waals surface area (Å²) < 4.78 is 13.1. The zero-order chi connectivity index (χ0) is 27.4. The van der Waals surface area contributed by atoms with E-state index in [1.807, 2.05) is 18.7 Å². The van der Waals surface area contributed by atoms with Crippen LogP contribution in [-0.4, -0.2) is 59.2 Å². The third-order valence-electron chi connectivity index (χ3n) is 6.99. The van der Waals surface area contributed by atoms with Gasteiger partial charge in [0.25, 0.3) is 11.5 Å². The number of aromatic nitrogens is 2. The van der Waals surface area contributed by atoms with Crippen molar-refractivity contribution in [2.45, 2.75) is 52.2 Å². The van der Waals surface area contributed by atoms with Gasteiger partial charge in [-0.15, -0.1) is 0 Å². The zero-order valence-corrected chi connectivity index (χ0v) is 22.3. The molecule has 202 valence electrons. The number of amides is 2.